The van der Waals surface area contributed by atoms with Crippen molar-refractivity contribution >= 4 is 11.9 Å². The number of likely N-dealkylation sites (tertiary alicyclic amines) is 1. The molecule has 0 aromatic heterocycles. The summed E-state index contributed by atoms with van der Waals surface area (Å²) >= 11 is 0. The molecule has 0 spiro atoms. The Morgan fingerprint density at radius 3 is 2.44 bits per heavy atom. The van der Waals surface area contributed by atoms with Crippen molar-refractivity contribution in [3.8, 4) is 0 Å². The number of hydrogen-bond donors (Lipinski definition) is 3. The number of piperidine rings is 1. The minimum Gasteiger partial charge on any atom is -0.376 e. The number of nitrogens with one attached hydrogen (secondary N) is 2. The average molecular weight is 354 g/mol. The van der Waals surface area contributed by atoms with Crippen LogP contribution in [0, 0.1) is 0 Å². The molecule has 0 aromatic carbocycles. The van der Waals surface area contributed by atoms with Crippen LogP contribution in [0.3, 0.4) is 0 Å². The fourth-order valence-corrected chi connectivity index (χ4v) is 3.65. The maximum Gasteiger partial charge on any atom is 0.231 e. The number of ether oxygens (including phenoxy) is 1. The zero-order chi connectivity index (χ0) is 17.9. The van der Waals surface area contributed by atoms with Gasteiger partial charge >= 0.3 is 0 Å². The van der Waals surface area contributed by atoms with Gasteiger partial charge in [0, 0.05) is 32.7 Å². The number of rotatable bonds is 7. The van der Waals surface area contributed by atoms with Crippen LogP contribution in [0.4, 0.5) is 0 Å². The fourth-order valence-electron chi connectivity index (χ4n) is 3.65. The highest BCUT2D eigenvalue weighted by molar-refractivity contribution is 5.80. The van der Waals surface area contributed by atoms with Crippen LogP contribution in [0.15, 0.2) is 4.99 Å². The standard InChI is InChI=1S/C18H35N5O2/c1-20-18(21-10-13-25-16-6-4-2-3-5-7-16)22-15-8-11-23(12-9-15)14-17(19)24/h15-16H,2-14H2,1H3,(H2,19,24)(H2,20,21,22). The molecule has 2 aliphatic rings. The van der Waals surface area contributed by atoms with Gasteiger partial charge in [-0.15, -0.1) is 0 Å². The first-order valence-corrected chi connectivity index (χ1v) is 9.77. The number of aliphatic imine (C=N–C) groups is 1. The number of nitrogens with zero attached hydrogens (tertiary/aromatic N) is 2. The Balaban J connectivity index is 1.58. The molecule has 2 rings (SSSR count). The number of carbonyl (C=O) groups is 1. The Morgan fingerprint density at radius 2 is 1.84 bits per heavy atom. The largest absolute Gasteiger partial charge is 0.376 e. The van der Waals surface area contributed by atoms with E-state index >= 15 is 0 Å². The number of nitrogens with two attached hydrogens (primary N) is 1. The molecule has 0 atom stereocenters. The van der Waals surface area contributed by atoms with E-state index in [0.717, 1.165) is 45.0 Å². The Morgan fingerprint density at radius 1 is 1.16 bits per heavy atom. The van der Waals surface area contributed by atoms with Crippen molar-refractivity contribution in [2.45, 2.75) is 63.5 Å². The number of hydrogen-bond acceptors (Lipinski definition) is 4. The lowest BCUT2D eigenvalue weighted by Crippen LogP contribution is -2.50. The summed E-state index contributed by atoms with van der Waals surface area (Å²) in [6.45, 7) is 3.64. The molecule has 7 nitrogen and oxygen atoms in total. The van der Waals surface area contributed by atoms with Crippen molar-refractivity contribution in [2.24, 2.45) is 10.7 Å². The van der Waals surface area contributed by atoms with E-state index in [9.17, 15) is 4.79 Å². The molecule has 2 fully saturated rings. The Hall–Kier alpha value is -1.34. The van der Waals surface area contributed by atoms with E-state index in [2.05, 4.69) is 20.5 Å². The van der Waals surface area contributed by atoms with Gasteiger partial charge < -0.3 is 21.1 Å². The second-order valence-corrected chi connectivity index (χ2v) is 7.14. The van der Waals surface area contributed by atoms with E-state index in [1.165, 1.54) is 38.5 Å². The molecule has 0 radical (unpaired) electrons. The molecule has 0 bridgehead atoms. The lowest BCUT2D eigenvalue weighted by molar-refractivity contribution is -0.119. The topological polar surface area (TPSA) is 92.0 Å². The van der Waals surface area contributed by atoms with Gasteiger partial charge in [-0.25, -0.2) is 0 Å². The summed E-state index contributed by atoms with van der Waals surface area (Å²) in [5.74, 6) is 0.579. The van der Waals surface area contributed by atoms with Gasteiger partial charge in [0.05, 0.1) is 19.3 Å². The molecule has 0 aromatic rings. The molecule has 1 aliphatic heterocycles. The minimum absolute atomic E-state index is 0.252. The molecule has 7 heteroatoms. The van der Waals surface area contributed by atoms with Gasteiger partial charge in [-0.1, -0.05) is 25.7 Å². The number of carbonyl (C=O) groups excluding carboxylic acids is 1. The van der Waals surface area contributed by atoms with Crippen molar-refractivity contribution in [2.75, 3.05) is 39.8 Å². The molecule has 0 unspecified atom stereocenters. The molecular formula is C18H35N5O2. The quantitative estimate of drug-likeness (QED) is 0.273. The van der Waals surface area contributed by atoms with Crippen LogP contribution in [-0.4, -0.2) is 68.7 Å². The van der Waals surface area contributed by atoms with E-state index < -0.39 is 0 Å². The first kappa shape index (κ1) is 20.0. The van der Waals surface area contributed by atoms with Crippen molar-refractivity contribution < 1.29 is 9.53 Å². The summed E-state index contributed by atoms with van der Waals surface area (Å²) in [6, 6.07) is 0.387. The second kappa shape index (κ2) is 11.3. The van der Waals surface area contributed by atoms with E-state index in [1.807, 2.05) is 0 Å². The highest BCUT2D eigenvalue weighted by atomic mass is 16.5. The first-order chi connectivity index (χ1) is 12.2. The van der Waals surface area contributed by atoms with Gasteiger partial charge in [0.2, 0.25) is 5.91 Å². The maximum atomic E-state index is 11.0. The Kier molecular flexibility index (Phi) is 9.04. The second-order valence-electron chi connectivity index (χ2n) is 7.14. The zero-order valence-corrected chi connectivity index (χ0v) is 15.6. The summed E-state index contributed by atoms with van der Waals surface area (Å²) in [4.78, 5) is 17.4. The van der Waals surface area contributed by atoms with Crippen LogP contribution >= 0.6 is 0 Å². The number of guanidine groups is 1. The molecule has 144 valence electrons. The molecular weight excluding hydrogens is 318 g/mol. The highest BCUT2D eigenvalue weighted by Gasteiger charge is 2.20. The summed E-state index contributed by atoms with van der Waals surface area (Å²) in [6.07, 6.45) is 10.1. The lowest BCUT2D eigenvalue weighted by atomic mass is 10.1. The molecule has 4 N–H and O–H groups in total. The van der Waals surface area contributed by atoms with E-state index in [1.54, 1.807) is 7.05 Å². The summed E-state index contributed by atoms with van der Waals surface area (Å²) in [7, 11) is 1.80. The summed E-state index contributed by atoms with van der Waals surface area (Å²) in [5.41, 5.74) is 5.25. The maximum absolute atomic E-state index is 11.0. The number of amides is 1. The molecule has 1 saturated heterocycles. The van der Waals surface area contributed by atoms with Crippen LogP contribution < -0.4 is 16.4 Å². The first-order valence-electron chi connectivity index (χ1n) is 9.77. The highest BCUT2D eigenvalue weighted by Crippen LogP contribution is 2.19. The smallest absolute Gasteiger partial charge is 0.231 e. The summed E-state index contributed by atoms with van der Waals surface area (Å²) < 4.78 is 6.00. The SMILES string of the molecule is CN=C(NCCOC1CCCCCC1)NC1CCN(CC(N)=O)CC1. The normalized spacial score (nSPS) is 21.7. The van der Waals surface area contributed by atoms with Crippen molar-refractivity contribution in [3.05, 3.63) is 0 Å². The Bertz CT molecular complexity index is 414. The average Bonchev–Trinajstić information content (AvgIpc) is 2.87. The zero-order valence-electron chi connectivity index (χ0n) is 15.6. The molecule has 1 heterocycles. The predicted octanol–water partition coefficient (Wildman–Crippen LogP) is 0.841. The van der Waals surface area contributed by atoms with Crippen LogP contribution in [0.1, 0.15) is 51.4 Å². The van der Waals surface area contributed by atoms with Crippen molar-refractivity contribution in [3.63, 3.8) is 0 Å². The lowest BCUT2D eigenvalue weighted by Gasteiger charge is -2.32. The Labute approximate surface area is 151 Å². The third-order valence-electron chi connectivity index (χ3n) is 5.08. The van der Waals surface area contributed by atoms with Gasteiger partial charge in [-0.3, -0.25) is 14.7 Å². The third kappa shape index (κ3) is 8.05. The van der Waals surface area contributed by atoms with Crippen molar-refractivity contribution in [1.82, 2.24) is 15.5 Å². The van der Waals surface area contributed by atoms with Crippen LogP contribution in [-0.2, 0) is 9.53 Å². The molecule has 1 saturated carbocycles. The van der Waals surface area contributed by atoms with Gasteiger partial charge in [-0.2, -0.15) is 0 Å². The third-order valence-corrected chi connectivity index (χ3v) is 5.08. The van der Waals surface area contributed by atoms with Crippen LogP contribution in [0.5, 0.6) is 0 Å². The van der Waals surface area contributed by atoms with Gasteiger partial charge in [0.25, 0.3) is 0 Å². The van der Waals surface area contributed by atoms with Crippen LogP contribution in [0.25, 0.3) is 0 Å². The fraction of sp³-hybridized carbons (Fsp3) is 0.889. The number of primary amides is 1. The van der Waals surface area contributed by atoms with E-state index in [4.69, 9.17) is 10.5 Å². The molecule has 1 amide bonds. The summed E-state index contributed by atoms with van der Waals surface area (Å²) in [5, 5.41) is 6.81. The van der Waals surface area contributed by atoms with Crippen LogP contribution in [0.2, 0.25) is 0 Å². The van der Waals surface area contributed by atoms with Crippen molar-refractivity contribution in [1.29, 1.82) is 0 Å². The van der Waals surface area contributed by atoms with E-state index in [-0.39, 0.29) is 5.91 Å². The minimum atomic E-state index is -0.252. The van der Waals surface area contributed by atoms with Gasteiger partial charge in [-0.05, 0) is 25.7 Å². The van der Waals surface area contributed by atoms with Gasteiger partial charge in [0.15, 0.2) is 5.96 Å². The molecule has 1 aliphatic carbocycles. The monoisotopic (exact) mass is 353 g/mol. The van der Waals surface area contributed by atoms with E-state index in [0.29, 0.717) is 18.7 Å². The van der Waals surface area contributed by atoms with Gasteiger partial charge in [0.1, 0.15) is 0 Å². The molecule has 25 heavy (non-hydrogen) atoms. The predicted molar refractivity (Wildman–Crippen MR) is 101 cm³/mol.